The van der Waals surface area contributed by atoms with Crippen LogP contribution in [0.2, 0.25) is 10.0 Å². The van der Waals surface area contributed by atoms with Gasteiger partial charge < -0.3 is 24.2 Å². The minimum atomic E-state index is -3.07. The molecular formula is C42H43Cl2F2N3O7. The van der Waals surface area contributed by atoms with E-state index in [9.17, 15) is 23.6 Å². The molecule has 1 aliphatic carbocycles. The SMILES string of the molecule is O=C(Cc1cccc(CNC(C(=O)O[C@H]2CN3CCC2CC3)c2ccccc2)c1)O[C@@H](Cc1c(Cl)c[n+]([O-])cc1Cl)c1ccc(OC(F)F)c(OCC2CC2)c1. The van der Waals surface area contributed by atoms with Crippen molar-refractivity contribution in [3.8, 4) is 11.5 Å². The van der Waals surface area contributed by atoms with E-state index in [0.717, 1.165) is 68.8 Å². The molecule has 3 atom stereocenters. The number of hydrogen-bond donors (Lipinski definition) is 1. The third kappa shape index (κ3) is 10.5. The van der Waals surface area contributed by atoms with E-state index in [1.807, 2.05) is 48.5 Å². The molecule has 1 N–H and O–H groups in total. The Hall–Kier alpha value is -4.49. The Labute approximate surface area is 334 Å². The zero-order chi connectivity index (χ0) is 39.2. The lowest BCUT2D eigenvalue weighted by atomic mass is 9.86. The van der Waals surface area contributed by atoms with Crippen LogP contribution in [0.3, 0.4) is 0 Å². The average Bonchev–Trinajstić information content (AvgIpc) is 4.01. The van der Waals surface area contributed by atoms with Crippen molar-refractivity contribution >= 4 is 35.1 Å². The fourth-order valence-electron chi connectivity index (χ4n) is 7.34. The van der Waals surface area contributed by atoms with Crippen LogP contribution in [0.15, 0.2) is 85.2 Å². The second kappa shape index (κ2) is 18.2. The smallest absolute Gasteiger partial charge is 0.387 e. The number of carbonyl (C=O) groups is 2. The van der Waals surface area contributed by atoms with Gasteiger partial charge in [0.1, 0.15) is 28.3 Å². The number of benzene rings is 3. The summed E-state index contributed by atoms with van der Waals surface area (Å²) < 4.78 is 49.8. The number of alkyl halides is 2. The first-order chi connectivity index (χ1) is 27.1. The van der Waals surface area contributed by atoms with Gasteiger partial charge in [-0.3, -0.25) is 15.0 Å². The molecular weight excluding hydrogens is 767 g/mol. The molecule has 1 unspecified atom stereocenters. The summed E-state index contributed by atoms with van der Waals surface area (Å²) in [6, 6.07) is 20.5. The highest BCUT2D eigenvalue weighted by Crippen LogP contribution is 2.38. The van der Waals surface area contributed by atoms with E-state index in [2.05, 4.69) is 10.2 Å². The Balaban J connectivity index is 1.06. The van der Waals surface area contributed by atoms with Gasteiger partial charge in [0.05, 0.1) is 13.0 Å². The number of nitrogens with zero attached hydrogens (tertiary/aromatic N) is 2. The number of ether oxygens (including phenoxy) is 4. The van der Waals surface area contributed by atoms with Gasteiger partial charge in [0.15, 0.2) is 23.9 Å². The fraction of sp³-hybridized carbons (Fsp3) is 0.405. The normalized spacial score (nSPS) is 20.0. The van der Waals surface area contributed by atoms with Crippen molar-refractivity contribution in [2.24, 2.45) is 11.8 Å². The third-order valence-electron chi connectivity index (χ3n) is 10.5. The Morgan fingerprint density at radius 2 is 1.62 bits per heavy atom. The van der Waals surface area contributed by atoms with E-state index in [1.54, 1.807) is 6.07 Å². The molecule has 4 aromatic rings. The van der Waals surface area contributed by atoms with E-state index in [4.69, 9.17) is 42.1 Å². The van der Waals surface area contributed by atoms with Crippen molar-refractivity contribution in [2.45, 2.75) is 69.9 Å². The van der Waals surface area contributed by atoms with Gasteiger partial charge in [-0.05, 0) is 85.0 Å². The first-order valence-corrected chi connectivity index (χ1v) is 19.6. The number of halogens is 4. The van der Waals surface area contributed by atoms with E-state index < -0.39 is 24.7 Å². The molecule has 56 heavy (non-hydrogen) atoms. The van der Waals surface area contributed by atoms with Gasteiger partial charge in [-0.15, -0.1) is 0 Å². The maximum absolute atomic E-state index is 13.6. The van der Waals surface area contributed by atoms with Gasteiger partial charge in [-0.25, -0.2) is 4.79 Å². The average molecular weight is 811 g/mol. The van der Waals surface area contributed by atoms with Crippen molar-refractivity contribution in [3.05, 3.63) is 128 Å². The van der Waals surface area contributed by atoms with E-state index >= 15 is 0 Å². The molecule has 0 amide bonds. The number of carbonyl (C=O) groups excluding carboxylic acids is 2. The lowest BCUT2D eigenvalue weighted by Gasteiger charge is -2.44. The van der Waals surface area contributed by atoms with Crippen LogP contribution in [0, 0.1) is 17.0 Å². The lowest BCUT2D eigenvalue weighted by Crippen LogP contribution is -2.52. The van der Waals surface area contributed by atoms with E-state index in [0.29, 0.717) is 46.4 Å². The summed E-state index contributed by atoms with van der Waals surface area (Å²) in [5.74, 6) is -0.265. The van der Waals surface area contributed by atoms with Crippen LogP contribution >= 0.6 is 23.2 Å². The van der Waals surface area contributed by atoms with Gasteiger partial charge >= 0.3 is 18.6 Å². The molecule has 1 aromatic heterocycles. The minimum Gasteiger partial charge on any atom is -0.619 e. The summed E-state index contributed by atoms with van der Waals surface area (Å²) in [5.41, 5.74) is 3.08. The molecule has 14 heteroatoms. The molecule has 0 radical (unpaired) electrons. The maximum Gasteiger partial charge on any atom is 0.387 e. The molecule has 1 saturated carbocycles. The summed E-state index contributed by atoms with van der Waals surface area (Å²) in [7, 11) is 0. The number of pyridine rings is 1. The fourth-order valence-corrected chi connectivity index (χ4v) is 7.94. The van der Waals surface area contributed by atoms with Gasteiger partial charge in [0, 0.05) is 25.1 Å². The van der Waals surface area contributed by atoms with Gasteiger partial charge in [-0.2, -0.15) is 13.5 Å². The lowest BCUT2D eigenvalue weighted by molar-refractivity contribution is -0.605. The highest BCUT2D eigenvalue weighted by Gasteiger charge is 2.38. The minimum absolute atomic E-state index is 0.0259. The van der Waals surface area contributed by atoms with Crippen LogP contribution in [0.4, 0.5) is 8.78 Å². The predicted octanol–water partition coefficient (Wildman–Crippen LogP) is 7.56. The Bertz CT molecular complexity index is 1970. The summed E-state index contributed by atoms with van der Waals surface area (Å²) in [5, 5.41) is 15.5. The van der Waals surface area contributed by atoms with E-state index in [1.165, 1.54) is 18.2 Å². The maximum atomic E-state index is 13.6. The zero-order valence-corrected chi connectivity index (χ0v) is 32.1. The molecule has 2 bridgehead atoms. The van der Waals surface area contributed by atoms with Gasteiger partial charge in [0.2, 0.25) is 0 Å². The number of fused-ring (bicyclic) bond motifs is 3. The summed E-state index contributed by atoms with van der Waals surface area (Å²) in [6.07, 6.45) is 5.05. The summed E-state index contributed by atoms with van der Waals surface area (Å²) in [4.78, 5) is 29.6. The number of nitrogens with one attached hydrogen (secondary N) is 1. The second-order valence-corrected chi connectivity index (χ2v) is 15.5. The Morgan fingerprint density at radius 3 is 2.30 bits per heavy atom. The summed E-state index contributed by atoms with van der Waals surface area (Å²) in [6.45, 7) is 0.426. The third-order valence-corrected chi connectivity index (χ3v) is 11.2. The number of piperidine rings is 3. The summed E-state index contributed by atoms with van der Waals surface area (Å²) >= 11 is 12.8. The molecule has 10 nitrogen and oxygen atoms in total. The van der Waals surface area contributed by atoms with Crippen LogP contribution in [0.5, 0.6) is 11.5 Å². The number of aromatic nitrogens is 1. The Morgan fingerprint density at radius 1 is 0.893 bits per heavy atom. The second-order valence-electron chi connectivity index (χ2n) is 14.6. The molecule has 4 heterocycles. The highest BCUT2D eigenvalue weighted by atomic mass is 35.5. The largest absolute Gasteiger partial charge is 0.619 e. The van der Waals surface area contributed by atoms with Gasteiger partial charge in [0.25, 0.3) is 0 Å². The van der Waals surface area contributed by atoms with Crippen molar-refractivity contribution in [2.75, 3.05) is 26.2 Å². The molecule has 4 fully saturated rings. The number of hydrogen-bond acceptors (Lipinski definition) is 9. The highest BCUT2D eigenvalue weighted by molar-refractivity contribution is 6.35. The molecule has 0 spiro atoms. The molecule has 4 aliphatic rings. The van der Waals surface area contributed by atoms with Crippen molar-refractivity contribution in [3.63, 3.8) is 0 Å². The molecule has 8 rings (SSSR count). The first kappa shape index (κ1) is 39.7. The van der Waals surface area contributed by atoms with Crippen LogP contribution in [-0.2, 0) is 38.4 Å². The van der Waals surface area contributed by atoms with Crippen LogP contribution in [0.25, 0.3) is 0 Å². The zero-order valence-electron chi connectivity index (χ0n) is 30.6. The topological polar surface area (TPSA) is 113 Å². The molecule has 3 aliphatic heterocycles. The Kier molecular flexibility index (Phi) is 12.9. The first-order valence-electron chi connectivity index (χ1n) is 18.8. The number of rotatable bonds is 17. The standard InChI is InChI=1S/C42H43Cl2F2N3O7/c43-33-22-49(52)23-34(44)32(33)20-36(31-11-12-35(56-42(45)46)37(19-31)53-25-26-9-10-26)54-39(50)18-27-5-4-6-28(17-27)21-47-40(30-7-2-1-3-8-30)41(51)55-38-24-48-15-13-29(38)14-16-48/h1-8,11-12,17,19,22-23,26,29,36,38,40,42,47H,9-10,13-16,18,20-21,24-25H2/t36-,38-,40?/m0/s1. The van der Waals surface area contributed by atoms with Crippen molar-refractivity contribution in [1.29, 1.82) is 0 Å². The van der Waals surface area contributed by atoms with E-state index in [-0.39, 0.29) is 46.5 Å². The van der Waals surface area contributed by atoms with Crippen molar-refractivity contribution in [1.82, 2.24) is 10.2 Å². The van der Waals surface area contributed by atoms with Crippen LogP contribution in [0.1, 0.15) is 65.6 Å². The molecule has 3 aromatic carbocycles. The van der Waals surface area contributed by atoms with Gasteiger partial charge in [-0.1, -0.05) is 83.9 Å². The quantitative estimate of drug-likeness (QED) is 0.0657. The monoisotopic (exact) mass is 809 g/mol. The van der Waals surface area contributed by atoms with Crippen molar-refractivity contribution < 1.29 is 42.0 Å². The van der Waals surface area contributed by atoms with Crippen LogP contribution < -0.4 is 19.5 Å². The predicted molar refractivity (Wildman–Crippen MR) is 204 cm³/mol. The van der Waals surface area contributed by atoms with Crippen LogP contribution in [-0.4, -0.2) is 55.8 Å². The number of esters is 2. The molecule has 3 saturated heterocycles. The molecule has 296 valence electrons.